The van der Waals surface area contributed by atoms with Gasteiger partial charge in [0.25, 0.3) is 0 Å². The highest BCUT2D eigenvalue weighted by atomic mass is 17.5. The first kappa shape index (κ1) is 12.9. The zero-order valence-corrected chi connectivity index (χ0v) is 10.8. The van der Waals surface area contributed by atoms with E-state index in [9.17, 15) is 0 Å². The van der Waals surface area contributed by atoms with Gasteiger partial charge < -0.3 is 0 Å². The van der Waals surface area contributed by atoms with Crippen molar-refractivity contribution in [2.24, 2.45) is 0 Å². The summed E-state index contributed by atoms with van der Waals surface area (Å²) in [5.74, 6) is 0. The second kappa shape index (κ2) is 5.88. The Morgan fingerprint density at radius 2 is 1.55 bits per heavy atom. The monoisotopic (exact) mass is 264 g/mol. The SMILES string of the molecule is OOOBc1ccc(-c2cccc3ccccc23)cc1. The molecule has 0 radical (unpaired) electrons. The Labute approximate surface area is 117 Å². The average Bonchev–Trinajstić information content (AvgIpc) is 2.53. The lowest BCUT2D eigenvalue weighted by molar-refractivity contribution is -0.441. The van der Waals surface area contributed by atoms with Crippen molar-refractivity contribution in [2.75, 3.05) is 0 Å². The highest BCUT2D eigenvalue weighted by Gasteiger charge is 2.04. The summed E-state index contributed by atoms with van der Waals surface area (Å²) < 4.78 is 0. The Bertz CT molecular complexity index is 705. The molecular weight excluding hydrogens is 251 g/mol. The Morgan fingerprint density at radius 3 is 2.35 bits per heavy atom. The lowest BCUT2D eigenvalue weighted by Crippen LogP contribution is -2.16. The second-order valence-electron chi connectivity index (χ2n) is 4.56. The van der Waals surface area contributed by atoms with Crippen LogP contribution < -0.4 is 5.46 Å². The Morgan fingerprint density at radius 1 is 0.800 bits per heavy atom. The minimum atomic E-state index is 0.215. The van der Waals surface area contributed by atoms with Gasteiger partial charge in [-0.05, 0) is 27.4 Å². The first-order valence-corrected chi connectivity index (χ1v) is 6.38. The quantitative estimate of drug-likeness (QED) is 0.447. The lowest BCUT2D eigenvalue weighted by Gasteiger charge is -2.07. The molecule has 98 valence electrons. The standard InChI is InChI=1S/C16H13BO3/c18-20-19-17-14-10-8-13(9-11-14)16-7-3-5-12-4-1-2-6-15(12)16/h1-11,17-18H. The summed E-state index contributed by atoms with van der Waals surface area (Å²) in [5, 5.41) is 14.2. The number of fused-ring (bicyclic) bond motifs is 1. The molecule has 0 saturated carbocycles. The molecule has 3 rings (SSSR count). The summed E-state index contributed by atoms with van der Waals surface area (Å²) in [5.41, 5.74) is 3.28. The van der Waals surface area contributed by atoms with Crippen molar-refractivity contribution >= 4 is 23.7 Å². The molecule has 20 heavy (non-hydrogen) atoms. The average molecular weight is 264 g/mol. The summed E-state index contributed by atoms with van der Waals surface area (Å²) in [6.07, 6.45) is 0. The molecule has 3 nitrogen and oxygen atoms in total. The Hall–Kier alpha value is -2.14. The van der Waals surface area contributed by atoms with E-state index in [1.165, 1.54) is 16.3 Å². The summed E-state index contributed by atoms with van der Waals surface area (Å²) in [6.45, 7) is 0. The van der Waals surface area contributed by atoms with Crippen LogP contribution in [0.15, 0.2) is 66.7 Å². The van der Waals surface area contributed by atoms with Crippen molar-refractivity contribution in [3.05, 3.63) is 66.7 Å². The lowest BCUT2D eigenvalue weighted by atomic mass is 9.87. The van der Waals surface area contributed by atoms with Gasteiger partial charge in [0.05, 0.1) is 0 Å². The number of benzene rings is 3. The predicted octanol–water partition coefficient (Wildman–Crippen LogP) is 2.90. The van der Waals surface area contributed by atoms with E-state index in [2.05, 4.69) is 40.2 Å². The van der Waals surface area contributed by atoms with E-state index >= 15 is 0 Å². The zero-order chi connectivity index (χ0) is 13.8. The molecule has 0 amide bonds. The van der Waals surface area contributed by atoms with E-state index in [0.717, 1.165) is 11.0 Å². The Kier molecular flexibility index (Phi) is 3.79. The highest BCUT2D eigenvalue weighted by Crippen LogP contribution is 2.27. The smallest absolute Gasteiger partial charge is 0.274 e. The Balaban J connectivity index is 1.98. The first-order valence-electron chi connectivity index (χ1n) is 6.38. The van der Waals surface area contributed by atoms with Crippen LogP contribution in [0, 0.1) is 0 Å². The van der Waals surface area contributed by atoms with E-state index in [1.54, 1.807) is 0 Å². The molecule has 0 saturated heterocycles. The van der Waals surface area contributed by atoms with Gasteiger partial charge in [-0.15, -0.1) is 0 Å². The van der Waals surface area contributed by atoms with Crippen LogP contribution in [-0.2, 0) is 9.84 Å². The molecule has 0 aliphatic carbocycles. The van der Waals surface area contributed by atoms with Crippen molar-refractivity contribution in [1.82, 2.24) is 0 Å². The van der Waals surface area contributed by atoms with Gasteiger partial charge >= 0.3 is 7.48 Å². The van der Waals surface area contributed by atoms with Crippen molar-refractivity contribution in [3.63, 3.8) is 0 Å². The maximum Gasteiger partial charge on any atom is 0.360 e. The molecule has 0 aromatic heterocycles. The molecule has 0 spiro atoms. The first-order chi connectivity index (χ1) is 9.88. The molecule has 0 fully saturated rings. The van der Waals surface area contributed by atoms with Crippen molar-refractivity contribution < 1.29 is 15.1 Å². The largest absolute Gasteiger partial charge is 0.360 e. The summed E-state index contributed by atoms with van der Waals surface area (Å²) in [6, 6.07) is 22.6. The van der Waals surface area contributed by atoms with E-state index in [-0.39, 0.29) is 7.48 Å². The third-order valence-electron chi connectivity index (χ3n) is 3.33. The third-order valence-corrected chi connectivity index (χ3v) is 3.33. The van der Waals surface area contributed by atoms with Gasteiger partial charge in [-0.25, -0.2) is 5.26 Å². The summed E-state index contributed by atoms with van der Waals surface area (Å²) in [4.78, 5) is 4.49. The van der Waals surface area contributed by atoms with Gasteiger partial charge in [-0.2, -0.15) is 0 Å². The molecular formula is C16H13BO3. The zero-order valence-electron chi connectivity index (χ0n) is 10.8. The molecule has 1 N–H and O–H groups in total. The molecule has 0 aliphatic rings. The molecule has 0 heterocycles. The maximum absolute atomic E-state index is 8.16. The van der Waals surface area contributed by atoms with Gasteiger partial charge in [-0.3, -0.25) is 4.81 Å². The third kappa shape index (κ3) is 2.58. The van der Waals surface area contributed by atoms with Crippen LogP contribution in [0.3, 0.4) is 0 Å². The highest BCUT2D eigenvalue weighted by molar-refractivity contribution is 6.46. The van der Waals surface area contributed by atoms with Crippen LogP contribution in [0.1, 0.15) is 0 Å². The van der Waals surface area contributed by atoms with Crippen LogP contribution in [0.4, 0.5) is 0 Å². The summed E-state index contributed by atoms with van der Waals surface area (Å²) in [7, 11) is 0.215. The van der Waals surface area contributed by atoms with Gasteiger partial charge in [-0.1, -0.05) is 71.8 Å². The fourth-order valence-corrected chi connectivity index (χ4v) is 2.35. The van der Waals surface area contributed by atoms with Crippen LogP contribution >= 0.6 is 0 Å². The molecule has 0 unspecified atom stereocenters. The molecule has 3 aromatic carbocycles. The molecule has 4 heteroatoms. The molecule has 3 aromatic rings. The molecule has 0 atom stereocenters. The predicted molar refractivity (Wildman–Crippen MR) is 81.0 cm³/mol. The minimum absolute atomic E-state index is 0.215. The van der Waals surface area contributed by atoms with E-state index in [1.807, 2.05) is 36.4 Å². The van der Waals surface area contributed by atoms with E-state index in [0.29, 0.717) is 0 Å². The van der Waals surface area contributed by atoms with Crippen LogP contribution in [0.5, 0.6) is 0 Å². The minimum Gasteiger partial charge on any atom is -0.274 e. The van der Waals surface area contributed by atoms with Gasteiger partial charge in [0.15, 0.2) is 0 Å². The molecule has 0 aliphatic heterocycles. The van der Waals surface area contributed by atoms with Crippen molar-refractivity contribution in [2.45, 2.75) is 0 Å². The fourth-order valence-electron chi connectivity index (χ4n) is 2.35. The van der Waals surface area contributed by atoms with Gasteiger partial charge in [0.2, 0.25) is 0 Å². The number of hydrogen-bond donors (Lipinski definition) is 1. The van der Waals surface area contributed by atoms with Crippen molar-refractivity contribution in [3.8, 4) is 11.1 Å². The van der Waals surface area contributed by atoms with E-state index < -0.39 is 0 Å². The van der Waals surface area contributed by atoms with Crippen LogP contribution in [0.2, 0.25) is 0 Å². The number of rotatable bonds is 4. The summed E-state index contributed by atoms with van der Waals surface area (Å²) >= 11 is 0. The van der Waals surface area contributed by atoms with Crippen LogP contribution in [0.25, 0.3) is 21.9 Å². The second-order valence-corrected chi connectivity index (χ2v) is 4.56. The van der Waals surface area contributed by atoms with Crippen molar-refractivity contribution in [1.29, 1.82) is 0 Å². The number of hydrogen-bond acceptors (Lipinski definition) is 3. The molecule has 0 bridgehead atoms. The normalized spacial score (nSPS) is 10.7. The fraction of sp³-hybridized carbons (Fsp3) is 0. The van der Waals surface area contributed by atoms with Gasteiger partial charge in [0.1, 0.15) is 0 Å². The van der Waals surface area contributed by atoms with Crippen LogP contribution in [-0.4, -0.2) is 12.7 Å². The maximum atomic E-state index is 8.16. The topological polar surface area (TPSA) is 38.7 Å². The van der Waals surface area contributed by atoms with Gasteiger partial charge in [0, 0.05) is 0 Å². The van der Waals surface area contributed by atoms with E-state index in [4.69, 9.17) is 5.26 Å².